The number of hydrogen-bond acceptors (Lipinski definition) is 7. The summed E-state index contributed by atoms with van der Waals surface area (Å²) < 4.78 is 7.62. The van der Waals surface area contributed by atoms with E-state index in [1.54, 1.807) is 12.4 Å². The molecular formula is C27H25N7O. The van der Waals surface area contributed by atoms with Crippen molar-refractivity contribution in [3.63, 3.8) is 0 Å². The van der Waals surface area contributed by atoms with Gasteiger partial charge in [-0.25, -0.2) is 0 Å². The fourth-order valence-corrected chi connectivity index (χ4v) is 4.24. The highest BCUT2D eigenvalue weighted by molar-refractivity contribution is 6.00. The second-order valence-electron chi connectivity index (χ2n) is 8.17. The summed E-state index contributed by atoms with van der Waals surface area (Å²) in [5.41, 5.74) is 12.4. The lowest BCUT2D eigenvalue weighted by molar-refractivity contribution is 0.342. The van der Waals surface area contributed by atoms with Crippen LogP contribution in [0, 0.1) is 11.3 Å². The largest absolute Gasteiger partial charge is 0.492 e. The van der Waals surface area contributed by atoms with E-state index in [9.17, 15) is 5.26 Å². The molecule has 0 bridgehead atoms. The number of anilines is 3. The predicted molar refractivity (Wildman–Crippen MR) is 138 cm³/mol. The Balaban J connectivity index is 1.57. The standard InChI is InChI=1S/C27H25N7O/c1-3-23-21(14-28)27(20-12-22(29)26(35-4-2)13-24(20)33-23)32-19-5-6-25-18(11-19)15-31-34(25)16-17-7-9-30-10-8-17/h5-13,15H,3-4,16,29H2,1-2H3,(H,32,33). The predicted octanol–water partition coefficient (Wildman–Crippen LogP) is 5.19. The number of nitrogens with one attached hydrogen (secondary N) is 1. The van der Waals surface area contributed by atoms with Crippen molar-refractivity contribution in [2.75, 3.05) is 17.7 Å². The Bertz CT molecular complexity index is 1570. The molecule has 35 heavy (non-hydrogen) atoms. The molecule has 174 valence electrons. The first kappa shape index (κ1) is 22.2. The Hall–Kier alpha value is -4.64. The molecule has 0 unspecified atom stereocenters. The summed E-state index contributed by atoms with van der Waals surface area (Å²) in [4.78, 5) is 8.80. The van der Waals surface area contributed by atoms with Crippen LogP contribution in [0.25, 0.3) is 21.8 Å². The first-order valence-electron chi connectivity index (χ1n) is 11.5. The van der Waals surface area contributed by atoms with Gasteiger partial charge in [0.1, 0.15) is 11.8 Å². The molecule has 0 spiro atoms. The summed E-state index contributed by atoms with van der Waals surface area (Å²) in [7, 11) is 0. The molecule has 5 rings (SSSR count). The van der Waals surface area contributed by atoms with Crippen LogP contribution in [0.4, 0.5) is 17.1 Å². The van der Waals surface area contributed by atoms with Gasteiger partial charge in [0.15, 0.2) is 0 Å². The van der Waals surface area contributed by atoms with Crippen molar-refractivity contribution in [3.05, 3.63) is 77.9 Å². The van der Waals surface area contributed by atoms with Crippen LogP contribution < -0.4 is 15.8 Å². The minimum Gasteiger partial charge on any atom is -0.492 e. The second kappa shape index (κ2) is 9.31. The summed E-state index contributed by atoms with van der Waals surface area (Å²) in [6.45, 7) is 5.07. The third-order valence-corrected chi connectivity index (χ3v) is 5.93. The summed E-state index contributed by atoms with van der Waals surface area (Å²) in [5.74, 6) is 0.591. The van der Waals surface area contributed by atoms with E-state index in [1.807, 2.05) is 67.2 Å². The van der Waals surface area contributed by atoms with Crippen LogP contribution in [-0.4, -0.2) is 26.4 Å². The summed E-state index contributed by atoms with van der Waals surface area (Å²) in [5, 5.41) is 19.8. The molecular weight excluding hydrogens is 438 g/mol. The van der Waals surface area contributed by atoms with Crippen LogP contribution in [-0.2, 0) is 13.0 Å². The van der Waals surface area contributed by atoms with E-state index in [1.165, 1.54) is 0 Å². The highest BCUT2D eigenvalue weighted by Crippen LogP contribution is 2.36. The fourth-order valence-electron chi connectivity index (χ4n) is 4.24. The van der Waals surface area contributed by atoms with Gasteiger partial charge in [-0.15, -0.1) is 0 Å². The van der Waals surface area contributed by atoms with E-state index >= 15 is 0 Å². The van der Waals surface area contributed by atoms with E-state index in [4.69, 9.17) is 15.5 Å². The number of pyridine rings is 2. The number of nitrogens with zero attached hydrogens (tertiary/aromatic N) is 5. The molecule has 3 aromatic heterocycles. The topological polar surface area (TPSA) is 115 Å². The fraction of sp³-hybridized carbons (Fsp3) is 0.185. The van der Waals surface area contributed by atoms with Crippen LogP contribution in [0.5, 0.6) is 5.75 Å². The Morgan fingerprint density at radius 1 is 1.11 bits per heavy atom. The molecule has 0 amide bonds. The van der Waals surface area contributed by atoms with Gasteiger partial charge in [0.05, 0.1) is 53.0 Å². The van der Waals surface area contributed by atoms with Gasteiger partial charge in [0.25, 0.3) is 0 Å². The normalized spacial score (nSPS) is 11.0. The number of nitrogens with two attached hydrogens (primary N) is 1. The molecule has 0 aliphatic carbocycles. The smallest absolute Gasteiger partial charge is 0.144 e. The number of nitrogen functional groups attached to an aromatic ring is 1. The number of aryl methyl sites for hydroxylation is 1. The van der Waals surface area contributed by atoms with E-state index in [0.29, 0.717) is 42.3 Å². The van der Waals surface area contributed by atoms with Gasteiger partial charge in [0, 0.05) is 34.9 Å². The molecule has 0 aliphatic heterocycles. The van der Waals surface area contributed by atoms with Crippen LogP contribution in [0.1, 0.15) is 30.7 Å². The zero-order valence-corrected chi connectivity index (χ0v) is 19.6. The molecule has 8 heteroatoms. The van der Waals surface area contributed by atoms with E-state index in [-0.39, 0.29) is 0 Å². The molecule has 0 saturated heterocycles. The maximum atomic E-state index is 9.99. The molecule has 0 atom stereocenters. The molecule has 0 saturated carbocycles. The molecule has 5 aromatic rings. The van der Waals surface area contributed by atoms with Crippen molar-refractivity contribution in [2.45, 2.75) is 26.8 Å². The maximum Gasteiger partial charge on any atom is 0.144 e. The first-order chi connectivity index (χ1) is 17.1. The summed E-state index contributed by atoms with van der Waals surface area (Å²) >= 11 is 0. The lowest BCUT2D eigenvalue weighted by atomic mass is 10.0. The van der Waals surface area contributed by atoms with Crippen molar-refractivity contribution in [1.82, 2.24) is 19.7 Å². The third kappa shape index (κ3) is 4.20. The first-order valence-corrected chi connectivity index (χ1v) is 11.5. The average Bonchev–Trinajstić information content (AvgIpc) is 3.27. The highest BCUT2D eigenvalue weighted by atomic mass is 16.5. The van der Waals surface area contributed by atoms with E-state index in [2.05, 4.69) is 21.5 Å². The van der Waals surface area contributed by atoms with Crippen molar-refractivity contribution in [1.29, 1.82) is 5.26 Å². The molecule has 0 aliphatic rings. The number of hydrogen-bond donors (Lipinski definition) is 2. The van der Waals surface area contributed by atoms with Gasteiger partial charge >= 0.3 is 0 Å². The average molecular weight is 464 g/mol. The number of fused-ring (bicyclic) bond motifs is 2. The Kier molecular flexibility index (Phi) is 5.90. The summed E-state index contributed by atoms with van der Waals surface area (Å²) in [6, 6.07) is 16.0. The van der Waals surface area contributed by atoms with Crippen LogP contribution in [0.15, 0.2) is 61.1 Å². The van der Waals surface area contributed by atoms with Crippen molar-refractivity contribution < 1.29 is 4.74 Å². The molecule has 8 nitrogen and oxygen atoms in total. The van der Waals surface area contributed by atoms with Crippen molar-refractivity contribution >= 4 is 38.9 Å². The summed E-state index contributed by atoms with van der Waals surface area (Å²) in [6.07, 6.45) is 6.04. The third-order valence-electron chi connectivity index (χ3n) is 5.93. The number of benzene rings is 2. The SMILES string of the molecule is CCOc1cc2nc(CC)c(C#N)c(Nc3ccc4c(cnn4Cc4ccncc4)c3)c2cc1N. The van der Waals surface area contributed by atoms with Gasteiger partial charge in [-0.3, -0.25) is 14.6 Å². The lowest BCUT2D eigenvalue weighted by Gasteiger charge is -2.16. The number of ether oxygens (including phenoxy) is 1. The quantitative estimate of drug-likeness (QED) is 0.319. The van der Waals surface area contributed by atoms with Crippen LogP contribution >= 0.6 is 0 Å². The minimum absolute atomic E-state index is 0.505. The van der Waals surface area contributed by atoms with Crippen molar-refractivity contribution in [2.24, 2.45) is 0 Å². The van der Waals surface area contributed by atoms with Gasteiger partial charge in [-0.1, -0.05) is 6.92 Å². The zero-order valence-electron chi connectivity index (χ0n) is 19.6. The minimum atomic E-state index is 0.505. The molecule has 3 N–H and O–H groups in total. The Labute approximate surface area is 203 Å². The molecule has 0 fully saturated rings. The number of nitriles is 1. The lowest BCUT2D eigenvalue weighted by Crippen LogP contribution is -2.04. The van der Waals surface area contributed by atoms with Gasteiger partial charge in [0.2, 0.25) is 0 Å². The van der Waals surface area contributed by atoms with Crippen molar-refractivity contribution in [3.8, 4) is 11.8 Å². The number of rotatable bonds is 7. The van der Waals surface area contributed by atoms with E-state index in [0.717, 1.165) is 38.8 Å². The van der Waals surface area contributed by atoms with Gasteiger partial charge in [-0.05, 0) is 55.3 Å². The van der Waals surface area contributed by atoms with Crippen LogP contribution in [0.2, 0.25) is 0 Å². The van der Waals surface area contributed by atoms with Gasteiger partial charge in [-0.2, -0.15) is 10.4 Å². The second-order valence-corrected chi connectivity index (χ2v) is 8.17. The van der Waals surface area contributed by atoms with E-state index < -0.39 is 0 Å². The monoisotopic (exact) mass is 463 g/mol. The molecule has 3 heterocycles. The van der Waals surface area contributed by atoms with Gasteiger partial charge < -0.3 is 15.8 Å². The molecule has 0 radical (unpaired) electrons. The maximum absolute atomic E-state index is 9.99. The Morgan fingerprint density at radius 3 is 2.69 bits per heavy atom. The molecule has 2 aromatic carbocycles. The number of aromatic nitrogens is 4. The van der Waals surface area contributed by atoms with Crippen LogP contribution in [0.3, 0.4) is 0 Å². The zero-order chi connectivity index (χ0) is 24.4. The highest BCUT2D eigenvalue weighted by Gasteiger charge is 2.17. The Morgan fingerprint density at radius 2 is 1.94 bits per heavy atom.